The number of carbonyl (C=O) groups is 1. The second-order valence-corrected chi connectivity index (χ2v) is 7.60. The number of thioether (sulfide) groups is 1. The van der Waals surface area contributed by atoms with Crippen LogP contribution in [0.15, 0.2) is 41.8 Å². The zero-order chi connectivity index (χ0) is 17.5. The Kier molecular flexibility index (Phi) is 6.42. The van der Waals surface area contributed by atoms with E-state index >= 15 is 0 Å². The molecule has 0 spiro atoms. The van der Waals surface area contributed by atoms with Gasteiger partial charge in [0, 0.05) is 24.2 Å². The Morgan fingerprint density at radius 1 is 1.20 bits per heavy atom. The first kappa shape index (κ1) is 17.9. The van der Waals surface area contributed by atoms with Crippen molar-refractivity contribution in [1.29, 1.82) is 0 Å². The fraction of sp³-hybridized carbons (Fsp3) is 0.421. The maximum Gasteiger partial charge on any atom is 0.335 e. The predicted molar refractivity (Wildman–Crippen MR) is 99.0 cm³/mol. The molecule has 0 atom stereocenters. The van der Waals surface area contributed by atoms with E-state index < -0.39 is 5.97 Å². The molecule has 1 heterocycles. The average molecular weight is 357 g/mol. The van der Waals surface area contributed by atoms with Gasteiger partial charge in [-0.2, -0.15) is 0 Å². The molecule has 1 aliphatic carbocycles. The summed E-state index contributed by atoms with van der Waals surface area (Å²) >= 11 is 1.80. The Morgan fingerprint density at radius 2 is 1.96 bits per heavy atom. The number of rotatable bonds is 8. The van der Waals surface area contributed by atoms with Crippen LogP contribution in [0.5, 0.6) is 0 Å². The minimum absolute atomic E-state index is 0.322. The normalized spacial score (nSPS) is 14.7. The van der Waals surface area contributed by atoms with Crippen LogP contribution in [0.3, 0.4) is 0 Å². The number of aromatic carboxylic acids is 1. The Morgan fingerprint density at radius 3 is 2.68 bits per heavy atom. The molecule has 0 saturated heterocycles. The number of carboxylic acid groups (broad SMARTS) is 1. The van der Waals surface area contributed by atoms with Gasteiger partial charge in [-0.15, -0.1) is 0 Å². The van der Waals surface area contributed by atoms with Crippen molar-refractivity contribution in [2.24, 2.45) is 0 Å². The molecule has 0 bridgehead atoms. The molecule has 6 heteroatoms. The lowest BCUT2D eigenvalue weighted by atomic mass is 10.1. The topological polar surface area (TPSA) is 75.1 Å². The van der Waals surface area contributed by atoms with Crippen molar-refractivity contribution >= 4 is 17.7 Å². The summed E-state index contributed by atoms with van der Waals surface area (Å²) in [5.41, 5.74) is 2.41. The monoisotopic (exact) mass is 357 g/mol. The number of hydrogen-bond donors (Lipinski definition) is 2. The molecule has 1 aromatic carbocycles. The van der Waals surface area contributed by atoms with Gasteiger partial charge in [-0.3, -0.25) is 0 Å². The summed E-state index contributed by atoms with van der Waals surface area (Å²) in [4.78, 5) is 19.9. The van der Waals surface area contributed by atoms with E-state index in [-0.39, 0.29) is 0 Å². The lowest BCUT2D eigenvalue weighted by Gasteiger charge is -2.08. The van der Waals surface area contributed by atoms with Gasteiger partial charge in [-0.25, -0.2) is 14.8 Å². The first-order chi connectivity index (χ1) is 12.2. The van der Waals surface area contributed by atoms with Gasteiger partial charge in [-0.1, -0.05) is 36.7 Å². The van der Waals surface area contributed by atoms with Crippen LogP contribution in [-0.2, 0) is 13.0 Å². The van der Waals surface area contributed by atoms with Crippen LogP contribution < -0.4 is 5.32 Å². The molecule has 1 aliphatic rings. The highest BCUT2D eigenvalue weighted by Crippen LogP contribution is 2.32. The SMILES string of the molecule is O=C(O)c1cccc(CNCCc2cnc(SC3CCCC3)nc2)c1. The van der Waals surface area contributed by atoms with E-state index in [0.717, 1.165) is 29.2 Å². The Hall–Kier alpha value is -1.92. The van der Waals surface area contributed by atoms with Crippen LogP contribution >= 0.6 is 11.8 Å². The highest BCUT2D eigenvalue weighted by atomic mass is 32.2. The van der Waals surface area contributed by atoms with Crippen molar-refractivity contribution in [1.82, 2.24) is 15.3 Å². The molecule has 5 nitrogen and oxygen atoms in total. The van der Waals surface area contributed by atoms with Crippen molar-refractivity contribution in [3.8, 4) is 0 Å². The van der Waals surface area contributed by atoms with Crippen molar-refractivity contribution in [2.75, 3.05) is 6.54 Å². The Labute approximate surface area is 152 Å². The molecule has 132 valence electrons. The summed E-state index contributed by atoms with van der Waals surface area (Å²) in [6, 6.07) is 7.01. The fourth-order valence-corrected chi connectivity index (χ4v) is 4.06. The van der Waals surface area contributed by atoms with Crippen LogP contribution in [-0.4, -0.2) is 32.8 Å². The van der Waals surface area contributed by atoms with Gasteiger partial charge < -0.3 is 10.4 Å². The van der Waals surface area contributed by atoms with E-state index in [2.05, 4.69) is 15.3 Å². The maximum absolute atomic E-state index is 11.0. The van der Waals surface area contributed by atoms with Crippen molar-refractivity contribution in [3.05, 3.63) is 53.3 Å². The fourth-order valence-electron chi connectivity index (χ4n) is 2.97. The molecule has 2 aromatic rings. The third-order valence-corrected chi connectivity index (χ3v) is 5.58. The largest absolute Gasteiger partial charge is 0.478 e. The Bertz CT molecular complexity index is 700. The first-order valence-electron chi connectivity index (χ1n) is 8.71. The first-order valence-corrected chi connectivity index (χ1v) is 9.59. The second kappa shape index (κ2) is 8.97. The zero-order valence-electron chi connectivity index (χ0n) is 14.1. The summed E-state index contributed by atoms with van der Waals surface area (Å²) in [5.74, 6) is -0.894. The van der Waals surface area contributed by atoms with Crippen molar-refractivity contribution < 1.29 is 9.90 Å². The third kappa shape index (κ3) is 5.54. The van der Waals surface area contributed by atoms with Gasteiger partial charge in [-0.05, 0) is 49.1 Å². The lowest BCUT2D eigenvalue weighted by Crippen LogP contribution is -2.17. The van der Waals surface area contributed by atoms with Gasteiger partial charge in [0.05, 0.1) is 5.56 Å². The molecule has 2 N–H and O–H groups in total. The molecule has 1 fully saturated rings. The van der Waals surface area contributed by atoms with Crippen molar-refractivity contribution in [2.45, 2.75) is 49.1 Å². The molecule has 0 radical (unpaired) electrons. The predicted octanol–water partition coefficient (Wildman–Crippen LogP) is 3.54. The number of benzene rings is 1. The van der Waals surface area contributed by atoms with E-state index in [0.29, 0.717) is 17.4 Å². The van der Waals surface area contributed by atoms with Gasteiger partial charge in [0.2, 0.25) is 0 Å². The molecule has 0 amide bonds. The number of aromatic nitrogens is 2. The number of carboxylic acids is 1. The van der Waals surface area contributed by atoms with Gasteiger partial charge in [0.1, 0.15) is 0 Å². The Balaban J connectivity index is 1.41. The van der Waals surface area contributed by atoms with E-state index in [1.54, 1.807) is 30.0 Å². The van der Waals surface area contributed by atoms with Crippen molar-refractivity contribution in [3.63, 3.8) is 0 Å². The standard InChI is InChI=1S/C19H23N3O2S/c23-18(24)16-5-3-4-14(10-16)11-20-9-8-15-12-21-19(22-13-15)25-17-6-1-2-7-17/h3-5,10,12-13,17,20H,1-2,6-9,11H2,(H,23,24). The average Bonchev–Trinajstić information content (AvgIpc) is 3.13. The summed E-state index contributed by atoms with van der Waals surface area (Å²) < 4.78 is 0. The van der Waals surface area contributed by atoms with Crippen LogP contribution in [0.4, 0.5) is 0 Å². The van der Waals surface area contributed by atoms with E-state index in [1.807, 2.05) is 18.5 Å². The minimum atomic E-state index is -0.894. The smallest absolute Gasteiger partial charge is 0.335 e. The number of nitrogens with one attached hydrogen (secondary N) is 1. The molecule has 1 saturated carbocycles. The highest BCUT2D eigenvalue weighted by molar-refractivity contribution is 7.99. The molecule has 1 aromatic heterocycles. The summed E-state index contributed by atoms with van der Waals surface area (Å²) in [6.07, 6.45) is 9.90. The summed E-state index contributed by atoms with van der Waals surface area (Å²) in [6.45, 7) is 1.45. The molecular formula is C19H23N3O2S. The second-order valence-electron chi connectivity index (χ2n) is 6.33. The molecular weight excluding hydrogens is 334 g/mol. The third-order valence-electron chi connectivity index (χ3n) is 4.35. The van der Waals surface area contributed by atoms with Crippen LogP contribution in [0, 0.1) is 0 Å². The molecule has 25 heavy (non-hydrogen) atoms. The number of nitrogens with zero attached hydrogens (tertiary/aromatic N) is 2. The summed E-state index contributed by atoms with van der Waals surface area (Å²) in [5, 5.41) is 13.9. The van der Waals surface area contributed by atoms with Gasteiger partial charge in [0.15, 0.2) is 5.16 Å². The maximum atomic E-state index is 11.0. The summed E-state index contributed by atoms with van der Waals surface area (Å²) in [7, 11) is 0. The quantitative estimate of drug-likeness (QED) is 0.556. The van der Waals surface area contributed by atoms with E-state index in [9.17, 15) is 4.79 Å². The minimum Gasteiger partial charge on any atom is -0.478 e. The molecule has 0 unspecified atom stereocenters. The number of hydrogen-bond acceptors (Lipinski definition) is 5. The molecule has 0 aliphatic heterocycles. The highest BCUT2D eigenvalue weighted by Gasteiger charge is 2.17. The zero-order valence-corrected chi connectivity index (χ0v) is 15.0. The van der Waals surface area contributed by atoms with Crippen LogP contribution in [0.2, 0.25) is 0 Å². The van der Waals surface area contributed by atoms with Gasteiger partial charge in [0.25, 0.3) is 0 Å². The van der Waals surface area contributed by atoms with E-state index in [4.69, 9.17) is 5.11 Å². The van der Waals surface area contributed by atoms with E-state index in [1.165, 1.54) is 25.7 Å². The molecule has 3 rings (SSSR count). The lowest BCUT2D eigenvalue weighted by molar-refractivity contribution is 0.0696. The van der Waals surface area contributed by atoms with Crippen LogP contribution in [0.1, 0.15) is 47.2 Å². The van der Waals surface area contributed by atoms with Gasteiger partial charge >= 0.3 is 5.97 Å². The van der Waals surface area contributed by atoms with Crippen LogP contribution in [0.25, 0.3) is 0 Å².